The van der Waals surface area contributed by atoms with Gasteiger partial charge in [-0.05, 0) is 69.7 Å². The topological polar surface area (TPSA) is 59.1 Å². The molecule has 1 aliphatic carbocycles. The second-order valence-corrected chi connectivity index (χ2v) is 8.97. The quantitative estimate of drug-likeness (QED) is 0.791. The standard InChI is InChI=1S/C21H28N2O4/c1-20(2,3)27-19(25)22-12-14-10-16(17(26-4)11-15(14)13-22)23-9-5-6-21(7-8-21)18(23)24/h10-11H,5-9,12-13H2,1-4H3. The highest BCUT2D eigenvalue weighted by Gasteiger charge is 2.53. The Hall–Kier alpha value is -2.24. The van der Waals surface area contributed by atoms with Crippen molar-refractivity contribution in [2.75, 3.05) is 18.6 Å². The highest BCUT2D eigenvalue weighted by atomic mass is 16.6. The number of piperidine rings is 1. The maximum atomic E-state index is 13.0. The first-order chi connectivity index (χ1) is 12.7. The van der Waals surface area contributed by atoms with Gasteiger partial charge in [-0.3, -0.25) is 9.69 Å². The van der Waals surface area contributed by atoms with Crippen LogP contribution in [0.4, 0.5) is 10.5 Å². The molecule has 1 aromatic carbocycles. The van der Waals surface area contributed by atoms with Gasteiger partial charge in [0, 0.05) is 25.0 Å². The van der Waals surface area contributed by atoms with E-state index in [4.69, 9.17) is 9.47 Å². The van der Waals surface area contributed by atoms with Crippen LogP contribution in [-0.2, 0) is 22.6 Å². The number of hydrogen-bond donors (Lipinski definition) is 0. The first-order valence-corrected chi connectivity index (χ1v) is 9.72. The zero-order chi connectivity index (χ0) is 19.4. The Labute approximate surface area is 160 Å². The van der Waals surface area contributed by atoms with E-state index in [0.29, 0.717) is 18.8 Å². The summed E-state index contributed by atoms with van der Waals surface area (Å²) in [5.41, 5.74) is 2.29. The summed E-state index contributed by atoms with van der Waals surface area (Å²) in [6.45, 7) is 7.32. The largest absolute Gasteiger partial charge is 0.495 e. The van der Waals surface area contributed by atoms with E-state index in [1.54, 1.807) is 12.0 Å². The maximum Gasteiger partial charge on any atom is 0.410 e. The van der Waals surface area contributed by atoms with E-state index in [0.717, 1.165) is 49.0 Å². The van der Waals surface area contributed by atoms with Crippen molar-refractivity contribution in [1.29, 1.82) is 0 Å². The molecule has 2 fully saturated rings. The van der Waals surface area contributed by atoms with Crippen molar-refractivity contribution in [2.24, 2.45) is 5.41 Å². The van der Waals surface area contributed by atoms with Crippen molar-refractivity contribution in [3.8, 4) is 5.75 Å². The van der Waals surface area contributed by atoms with E-state index in [1.165, 1.54) is 0 Å². The average molecular weight is 372 g/mol. The zero-order valence-corrected chi connectivity index (χ0v) is 16.6. The van der Waals surface area contributed by atoms with Crippen molar-refractivity contribution in [3.05, 3.63) is 23.3 Å². The second-order valence-electron chi connectivity index (χ2n) is 8.97. The van der Waals surface area contributed by atoms with Crippen LogP contribution in [0.5, 0.6) is 5.75 Å². The van der Waals surface area contributed by atoms with E-state index >= 15 is 0 Å². The average Bonchev–Trinajstić information content (AvgIpc) is 3.24. The van der Waals surface area contributed by atoms with Gasteiger partial charge >= 0.3 is 6.09 Å². The molecule has 146 valence electrons. The van der Waals surface area contributed by atoms with Gasteiger partial charge in [-0.2, -0.15) is 0 Å². The number of amides is 2. The maximum absolute atomic E-state index is 13.0. The molecule has 0 unspecified atom stereocenters. The molecule has 0 atom stereocenters. The first-order valence-electron chi connectivity index (χ1n) is 9.72. The zero-order valence-electron chi connectivity index (χ0n) is 16.6. The predicted octanol–water partition coefficient (Wildman–Crippen LogP) is 3.85. The summed E-state index contributed by atoms with van der Waals surface area (Å²) in [5.74, 6) is 0.930. The lowest BCUT2D eigenvalue weighted by Gasteiger charge is -2.33. The molecule has 6 nitrogen and oxygen atoms in total. The fourth-order valence-corrected chi connectivity index (χ4v) is 4.16. The summed E-state index contributed by atoms with van der Waals surface area (Å²) in [6, 6.07) is 3.99. The molecule has 0 bridgehead atoms. The predicted molar refractivity (Wildman–Crippen MR) is 102 cm³/mol. The van der Waals surface area contributed by atoms with Gasteiger partial charge in [0.05, 0.1) is 12.8 Å². The van der Waals surface area contributed by atoms with Crippen molar-refractivity contribution in [2.45, 2.75) is 65.1 Å². The fourth-order valence-electron chi connectivity index (χ4n) is 4.16. The van der Waals surface area contributed by atoms with Crippen LogP contribution < -0.4 is 9.64 Å². The van der Waals surface area contributed by atoms with Crippen LogP contribution >= 0.6 is 0 Å². The number of hydrogen-bond acceptors (Lipinski definition) is 4. The molecule has 1 spiro atoms. The third-order valence-corrected chi connectivity index (χ3v) is 5.76. The molecule has 2 aliphatic heterocycles. The molecule has 3 aliphatic rings. The Balaban J connectivity index is 1.59. The minimum Gasteiger partial charge on any atom is -0.495 e. The van der Waals surface area contributed by atoms with Crippen LogP contribution in [0.3, 0.4) is 0 Å². The second kappa shape index (κ2) is 6.14. The number of carbonyl (C=O) groups excluding carboxylic acids is 2. The number of anilines is 1. The van der Waals surface area contributed by atoms with Crippen LogP contribution in [0.1, 0.15) is 57.6 Å². The smallest absolute Gasteiger partial charge is 0.410 e. The van der Waals surface area contributed by atoms with Crippen molar-refractivity contribution in [3.63, 3.8) is 0 Å². The lowest BCUT2D eigenvalue weighted by atomic mass is 9.93. The molecule has 2 heterocycles. The summed E-state index contributed by atoms with van der Waals surface area (Å²) in [5, 5.41) is 0. The molecule has 0 radical (unpaired) electrons. The summed E-state index contributed by atoms with van der Waals surface area (Å²) in [4.78, 5) is 29.0. The number of benzene rings is 1. The SMILES string of the molecule is COc1cc2c(cc1N1CCCC3(CC3)C1=O)CN(C(=O)OC(C)(C)C)C2. The van der Waals surface area contributed by atoms with Gasteiger partial charge in [0.25, 0.3) is 0 Å². The van der Waals surface area contributed by atoms with Gasteiger partial charge in [-0.15, -0.1) is 0 Å². The van der Waals surface area contributed by atoms with E-state index in [2.05, 4.69) is 0 Å². The summed E-state index contributed by atoms with van der Waals surface area (Å²) in [6.07, 6.45) is 3.72. The normalized spacial score (nSPS) is 20.7. The van der Waals surface area contributed by atoms with E-state index in [-0.39, 0.29) is 17.4 Å². The van der Waals surface area contributed by atoms with Crippen LogP contribution in [0, 0.1) is 5.41 Å². The molecular weight excluding hydrogens is 344 g/mol. The number of carbonyl (C=O) groups is 2. The molecule has 4 rings (SSSR count). The number of nitrogens with zero attached hydrogens (tertiary/aromatic N) is 2. The molecule has 1 saturated heterocycles. The van der Waals surface area contributed by atoms with Crippen LogP contribution in [-0.4, -0.2) is 36.2 Å². The van der Waals surface area contributed by atoms with Gasteiger partial charge in [-0.25, -0.2) is 4.79 Å². The van der Waals surface area contributed by atoms with Crippen molar-refractivity contribution < 1.29 is 19.1 Å². The van der Waals surface area contributed by atoms with E-state index < -0.39 is 5.60 Å². The monoisotopic (exact) mass is 372 g/mol. The minimum absolute atomic E-state index is 0.120. The third-order valence-electron chi connectivity index (χ3n) is 5.76. The van der Waals surface area contributed by atoms with Crippen LogP contribution in [0.15, 0.2) is 12.1 Å². The van der Waals surface area contributed by atoms with Gasteiger partial charge in [0.1, 0.15) is 11.4 Å². The van der Waals surface area contributed by atoms with E-state index in [9.17, 15) is 9.59 Å². The van der Waals surface area contributed by atoms with Crippen LogP contribution in [0.25, 0.3) is 0 Å². The minimum atomic E-state index is -0.520. The van der Waals surface area contributed by atoms with Crippen molar-refractivity contribution in [1.82, 2.24) is 4.90 Å². The molecule has 1 aromatic rings. The number of fused-ring (bicyclic) bond motifs is 1. The Bertz CT molecular complexity index is 792. The molecule has 2 amide bonds. The Kier molecular flexibility index (Phi) is 4.13. The molecule has 1 saturated carbocycles. The lowest BCUT2D eigenvalue weighted by molar-refractivity contribution is -0.125. The summed E-state index contributed by atoms with van der Waals surface area (Å²) >= 11 is 0. The van der Waals surface area contributed by atoms with Gasteiger partial charge in [-0.1, -0.05) is 0 Å². The lowest BCUT2D eigenvalue weighted by Crippen LogP contribution is -2.42. The van der Waals surface area contributed by atoms with Gasteiger partial charge < -0.3 is 14.4 Å². The highest BCUT2D eigenvalue weighted by Crippen LogP contribution is 2.54. The van der Waals surface area contributed by atoms with E-state index in [1.807, 2.05) is 37.8 Å². The fraction of sp³-hybridized carbons (Fsp3) is 0.619. The number of methoxy groups -OCH3 is 1. The number of ether oxygens (including phenoxy) is 2. The van der Waals surface area contributed by atoms with Crippen molar-refractivity contribution >= 4 is 17.7 Å². The molecule has 6 heteroatoms. The third kappa shape index (κ3) is 3.26. The molecule has 0 N–H and O–H groups in total. The highest BCUT2D eigenvalue weighted by molar-refractivity contribution is 6.01. The number of rotatable bonds is 2. The van der Waals surface area contributed by atoms with Gasteiger partial charge in [0.2, 0.25) is 5.91 Å². The Morgan fingerprint density at radius 1 is 1.11 bits per heavy atom. The molecule has 27 heavy (non-hydrogen) atoms. The Morgan fingerprint density at radius 2 is 1.78 bits per heavy atom. The molecular formula is C21H28N2O4. The first kappa shape index (κ1) is 18.1. The van der Waals surface area contributed by atoms with Gasteiger partial charge in [0.15, 0.2) is 0 Å². The van der Waals surface area contributed by atoms with Crippen LogP contribution in [0.2, 0.25) is 0 Å². The summed E-state index contributed by atoms with van der Waals surface area (Å²) < 4.78 is 11.1. The molecule has 0 aromatic heterocycles. The summed E-state index contributed by atoms with van der Waals surface area (Å²) in [7, 11) is 1.63. The Morgan fingerprint density at radius 3 is 2.37 bits per heavy atom.